The van der Waals surface area contributed by atoms with E-state index in [0.29, 0.717) is 31.8 Å². The lowest BCUT2D eigenvalue weighted by Gasteiger charge is -2.29. The third-order valence-corrected chi connectivity index (χ3v) is 5.25. The molecule has 2 amide bonds. The molecule has 1 fully saturated rings. The Morgan fingerprint density at radius 2 is 1.79 bits per heavy atom. The fraction of sp³-hybridized carbons (Fsp3) is 0.600. The van der Waals surface area contributed by atoms with Crippen molar-refractivity contribution in [2.45, 2.75) is 70.4 Å². The van der Waals surface area contributed by atoms with Crippen LogP contribution in [0, 0.1) is 0 Å². The van der Waals surface area contributed by atoms with Crippen LogP contribution in [0.2, 0.25) is 0 Å². The Morgan fingerprint density at radius 1 is 1.04 bits per heavy atom. The van der Waals surface area contributed by atoms with Crippen LogP contribution in [0.5, 0.6) is 0 Å². The molecule has 4 heteroatoms. The van der Waals surface area contributed by atoms with Crippen molar-refractivity contribution in [1.29, 1.82) is 0 Å². The van der Waals surface area contributed by atoms with Crippen LogP contribution in [-0.4, -0.2) is 29.3 Å². The SMILES string of the molecule is O=C(CCCC(=O)N1CCc2ccccc2C1)NC1CCCCC1. The lowest BCUT2D eigenvalue weighted by Crippen LogP contribution is -2.37. The van der Waals surface area contributed by atoms with Gasteiger partial charge in [0, 0.05) is 32.0 Å². The van der Waals surface area contributed by atoms with Gasteiger partial charge in [0.2, 0.25) is 11.8 Å². The summed E-state index contributed by atoms with van der Waals surface area (Å²) in [5.74, 6) is 0.286. The first kappa shape index (κ1) is 17.0. The second kappa shape index (κ2) is 8.32. The van der Waals surface area contributed by atoms with Gasteiger partial charge in [-0.05, 0) is 36.8 Å². The molecule has 0 bridgehead atoms. The van der Waals surface area contributed by atoms with Gasteiger partial charge in [-0.3, -0.25) is 9.59 Å². The summed E-state index contributed by atoms with van der Waals surface area (Å²) in [6.07, 6.45) is 8.47. The molecule has 2 aliphatic rings. The van der Waals surface area contributed by atoms with E-state index in [2.05, 4.69) is 23.5 Å². The molecule has 0 saturated heterocycles. The van der Waals surface area contributed by atoms with Crippen molar-refractivity contribution in [2.75, 3.05) is 6.54 Å². The van der Waals surface area contributed by atoms with Gasteiger partial charge < -0.3 is 10.2 Å². The highest BCUT2D eigenvalue weighted by Gasteiger charge is 2.20. The minimum absolute atomic E-state index is 0.110. The minimum atomic E-state index is 0.110. The fourth-order valence-electron chi connectivity index (χ4n) is 3.81. The summed E-state index contributed by atoms with van der Waals surface area (Å²) in [5.41, 5.74) is 2.61. The molecule has 1 heterocycles. The maximum Gasteiger partial charge on any atom is 0.222 e. The standard InChI is InChI=1S/C20H28N2O2/c23-19(21-18-9-2-1-3-10-18)11-6-12-20(24)22-14-13-16-7-4-5-8-17(16)15-22/h4-5,7-8,18H,1-3,6,9-15H2,(H,21,23). The lowest BCUT2D eigenvalue weighted by atomic mass is 9.95. The van der Waals surface area contributed by atoms with Crippen LogP contribution in [0.25, 0.3) is 0 Å². The van der Waals surface area contributed by atoms with Gasteiger partial charge in [-0.2, -0.15) is 0 Å². The van der Waals surface area contributed by atoms with E-state index in [1.54, 1.807) is 0 Å². The Hall–Kier alpha value is -1.84. The van der Waals surface area contributed by atoms with E-state index in [0.717, 1.165) is 25.8 Å². The molecule has 24 heavy (non-hydrogen) atoms. The second-order valence-corrected chi connectivity index (χ2v) is 7.09. The van der Waals surface area contributed by atoms with Crippen LogP contribution in [0.15, 0.2) is 24.3 Å². The Labute approximate surface area is 144 Å². The zero-order valence-electron chi connectivity index (χ0n) is 14.4. The third kappa shape index (κ3) is 4.59. The molecule has 130 valence electrons. The van der Waals surface area contributed by atoms with Crippen LogP contribution < -0.4 is 5.32 Å². The highest BCUT2D eigenvalue weighted by atomic mass is 16.2. The van der Waals surface area contributed by atoms with E-state index in [1.165, 1.54) is 30.4 Å². The molecule has 0 unspecified atom stereocenters. The number of amides is 2. The van der Waals surface area contributed by atoms with Gasteiger partial charge in [0.05, 0.1) is 0 Å². The van der Waals surface area contributed by atoms with Gasteiger partial charge in [-0.1, -0.05) is 43.5 Å². The Morgan fingerprint density at radius 3 is 2.58 bits per heavy atom. The van der Waals surface area contributed by atoms with Crippen molar-refractivity contribution in [3.8, 4) is 0 Å². The quantitative estimate of drug-likeness (QED) is 0.902. The van der Waals surface area contributed by atoms with Crippen LogP contribution in [0.1, 0.15) is 62.5 Å². The fourth-order valence-corrected chi connectivity index (χ4v) is 3.81. The van der Waals surface area contributed by atoms with E-state index >= 15 is 0 Å². The van der Waals surface area contributed by atoms with Crippen LogP contribution >= 0.6 is 0 Å². The van der Waals surface area contributed by atoms with E-state index in [-0.39, 0.29) is 11.8 Å². The van der Waals surface area contributed by atoms with Crippen molar-refractivity contribution < 1.29 is 9.59 Å². The number of nitrogens with one attached hydrogen (secondary N) is 1. The molecule has 0 radical (unpaired) electrons. The molecule has 1 N–H and O–H groups in total. The number of rotatable bonds is 5. The average Bonchev–Trinajstić information content (AvgIpc) is 2.62. The van der Waals surface area contributed by atoms with Crippen molar-refractivity contribution >= 4 is 11.8 Å². The number of hydrogen-bond acceptors (Lipinski definition) is 2. The summed E-state index contributed by atoms with van der Waals surface area (Å²) in [7, 11) is 0. The summed E-state index contributed by atoms with van der Waals surface area (Å²) < 4.78 is 0. The van der Waals surface area contributed by atoms with Crippen molar-refractivity contribution in [3.05, 3.63) is 35.4 Å². The normalized spacial score (nSPS) is 18.1. The summed E-state index contributed by atoms with van der Waals surface area (Å²) in [6.45, 7) is 1.51. The Kier molecular flexibility index (Phi) is 5.89. The molecule has 1 aromatic rings. The van der Waals surface area contributed by atoms with Crippen LogP contribution in [-0.2, 0) is 22.6 Å². The highest BCUT2D eigenvalue weighted by Crippen LogP contribution is 2.20. The first-order valence-electron chi connectivity index (χ1n) is 9.36. The molecule has 1 aromatic carbocycles. The molecular weight excluding hydrogens is 300 g/mol. The zero-order chi connectivity index (χ0) is 16.8. The highest BCUT2D eigenvalue weighted by molar-refractivity contribution is 5.79. The number of hydrogen-bond donors (Lipinski definition) is 1. The zero-order valence-corrected chi connectivity index (χ0v) is 14.4. The number of carbonyl (C=O) groups is 2. The number of fused-ring (bicyclic) bond motifs is 1. The maximum absolute atomic E-state index is 12.4. The molecule has 1 aliphatic heterocycles. The van der Waals surface area contributed by atoms with E-state index < -0.39 is 0 Å². The minimum Gasteiger partial charge on any atom is -0.353 e. The van der Waals surface area contributed by atoms with Crippen molar-refractivity contribution in [1.82, 2.24) is 10.2 Å². The molecule has 1 saturated carbocycles. The van der Waals surface area contributed by atoms with Gasteiger partial charge in [0.15, 0.2) is 0 Å². The smallest absolute Gasteiger partial charge is 0.222 e. The number of nitrogens with zero attached hydrogens (tertiary/aromatic N) is 1. The summed E-state index contributed by atoms with van der Waals surface area (Å²) in [4.78, 5) is 26.3. The molecule has 0 atom stereocenters. The van der Waals surface area contributed by atoms with E-state index in [1.807, 2.05) is 11.0 Å². The topological polar surface area (TPSA) is 49.4 Å². The second-order valence-electron chi connectivity index (χ2n) is 7.09. The Bertz CT molecular complexity index is 579. The number of carbonyl (C=O) groups excluding carboxylic acids is 2. The first-order valence-corrected chi connectivity index (χ1v) is 9.36. The lowest BCUT2D eigenvalue weighted by molar-refractivity contribution is -0.132. The van der Waals surface area contributed by atoms with Crippen molar-refractivity contribution in [2.24, 2.45) is 0 Å². The first-order chi connectivity index (χ1) is 11.7. The third-order valence-electron chi connectivity index (χ3n) is 5.25. The van der Waals surface area contributed by atoms with Gasteiger partial charge in [-0.25, -0.2) is 0 Å². The van der Waals surface area contributed by atoms with Gasteiger partial charge in [0.1, 0.15) is 0 Å². The number of benzene rings is 1. The van der Waals surface area contributed by atoms with E-state index in [4.69, 9.17) is 0 Å². The predicted molar refractivity (Wildman–Crippen MR) is 94.4 cm³/mol. The largest absolute Gasteiger partial charge is 0.353 e. The van der Waals surface area contributed by atoms with Crippen molar-refractivity contribution in [3.63, 3.8) is 0 Å². The molecule has 0 aromatic heterocycles. The molecule has 1 aliphatic carbocycles. The van der Waals surface area contributed by atoms with Gasteiger partial charge >= 0.3 is 0 Å². The molecule has 3 rings (SSSR count). The molecule has 4 nitrogen and oxygen atoms in total. The molecular formula is C20H28N2O2. The molecule has 0 spiro atoms. The van der Waals surface area contributed by atoms with Crippen LogP contribution in [0.4, 0.5) is 0 Å². The summed E-state index contributed by atoms with van der Waals surface area (Å²) in [5, 5.41) is 3.12. The maximum atomic E-state index is 12.4. The van der Waals surface area contributed by atoms with E-state index in [9.17, 15) is 9.59 Å². The summed E-state index contributed by atoms with van der Waals surface area (Å²) in [6, 6.07) is 8.70. The Balaban J connectivity index is 1.37. The predicted octanol–water partition coefficient (Wildman–Crippen LogP) is 3.19. The summed E-state index contributed by atoms with van der Waals surface area (Å²) >= 11 is 0. The average molecular weight is 328 g/mol. The van der Waals surface area contributed by atoms with Gasteiger partial charge in [0.25, 0.3) is 0 Å². The monoisotopic (exact) mass is 328 g/mol. The van der Waals surface area contributed by atoms with Crippen LogP contribution in [0.3, 0.4) is 0 Å². The van der Waals surface area contributed by atoms with Gasteiger partial charge in [-0.15, -0.1) is 0 Å².